The summed E-state index contributed by atoms with van der Waals surface area (Å²) < 4.78 is 11.1. The average molecular weight is 475 g/mol. The van der Waals surface area contributed by atoms with Crippen molar-refractivity contribution in [3.8, 4) is 11.5 Å². The highest BCUT2D eigenvalue weighted by Gasteiger charge is 2.19. The van der Waals surface area contributed by atoms with Crippen LogP contribution in [0.1, 0.15) is 26.3 Å². The Morgan fingerprint density at radius 2 is 1.55 bits per heavy atom. The summed E-state index contributed by atoms with van der Waals surface area (Å²) in [5, 5.41) is 3.13. The molecule has 148 valence electrons. The van der Waals surface area contributed by atoms with Crippen LogP contribution < -0.4 is 14.8 Å². The highest BCUT2D eigenvalue weighted by Crippen LogP contribution is 2.28. The first kappa shape index (κ1) is 20.9. The molecule has 0 bridgehead atoms. The second-order valence-electron chi connectivity index (χ2n) is 6.05. The normalized spacial score (nSPS) is 10.3. The van der Waals surface area contributed by atoms with E-state index in [1.54, 1.807) is 60.7 Å². The van der Waals surface area contributed by atoms with Gasteiger partial charge in [-0.15, -0.1) is 0 Å². The number of halogens is 2. The van der Waals surface area contributed by atoms with Gasteiger partial charge in [-0.25, -0.2) is 0 Å². The Labute approximate surface area is 181 Å². The largest absolute Gasteiger partial charge is 0.497 e. The number of benzene rings is 3. The standard InChI is InChI=1S/C22H17BrClNO4/c1-28-15-9-13(10-16(12-15)29-2)22(27)25-20-8-7-14(23)11-18(20)21(26)17-5-3-4-6-19(17)24/h3-12H,1-2H3,(H,25,27). The van der Waals surface area contributed by atoms with Gasteiger partial charge in [0.15, 0.2) is 5.78 Å². The molecule has 0 aliphatic rings. The Bertz CT molecular complexity index is 1060. The third-order valence-corrected chi connectivity index (χ3v) is 5.03. The Hall–Kier alpha value is -2.83. The minimum absolute atomic E-state index is 0.296. The van der Waals surface area contributed by atoms with Crippen molar-refractivity contribution in [1.82, 2.24) is 0 Å². The SMILES string of the molecule is COc1cc(OC)cc(C(=O)Nc2ccc(Br)cc2C(=O)c2ccccc2Cl)c1. The van der Waals surface area contributed by atoms with E-state index < -0.39 is 5.91 Å². The number of hydrogen-bond acceptors (Lipinski definition) is 4. The first-order chi connectivity index (χ1) is 13.9. The quantitative estimate of drug-likeness (QED) is 0.472. The molecule has 0 aliphatic carbocycles. The van der Waals surface area contributed by atoms with Gasteiger partial charge in [0, 0.05) is 27.2 Å². The second-order valence-corrected chi connectivity index (χ2v) is 7.38. The van der Waals surface area contributed by atoms with Gasteiger partial charge in [-0.2, -0.15) is 0 Å². The maximum atomic E-state index is 13.1. The summed E-state index contributed by atoms with van der Waals surface area (Å²) in [6, 6.07) is 16.7. The lowest BCUT2D eigenvalue weighted by atomic mass is 10.0. The van der Waals surface area contributed by atoms with E-state index in [2.05, 4.69) is 21.2 Å². The minimum Gasteiger partial charge on any atom is -0.497 e. The van der Waals surface area contributed by atoms with Crippen LogP contribution in [0.25, 0.3) is 0 Å². The zero-order valence-electron chi connectivity index (χ0n) is 15.7. The monoisotopic (exact) mass is 473 g/mol. The fraction of sp³-hybridized carbons (Fsp3) is 0.0909. The Balaban J connectivity index is 1.97. The summed E-state index contributed by atoms with van der Waals surface area (Å²) in [6.07, 6.45) is 0. The van der Waals surface area contributed by atoms with Crippen molar-refractivity contribution in [2.45, 2.75) is 0 Å². The molecule has 0 radical (unpaired) electrons. The van der Waals surface area contributed by atoms with Crippen LogP contribution in [0.15, 0.2) is 65.1 Å². The Morgan fingerprint density at radius 1 is 0.897 bits per heavy atom. The van der Waals surface area contributed by atoms with Crippen molar-refractivity contribution >= 4 is 44.9 Å². The predicted molar refractivity (Wildman–Crippen MR) is 117 cm³/mol. The molecule has 3 rings (SSSR count). The summed E-state index contributed by atoms with van der Waals surface area (Å²) in [7, 11) is 3.01. The molecule has 0 spiro atoms. The van der Waals surface area contributed by atoms with Crippen molar-refractivity contribution in [2.75, 3.05) is 19.5 Å². The number of carbonyl (C=O) groups is 2. The number of amides is 1. The summed E-state index contributed by atoms with van der Waals surface area (Å²) in [4.78, 5) is 25.9. The smallest absolute Gasteiger partial charge is 0.255 e. The Morgan fingerprint density at radius 3 is 2.17 bits per heavy atom. The average Bonchev–Trinajstić information content (AvgIpc) is 2.74. The highest BCUT2D eigenvalue weighted by atomic mass is 79.9. The van der Waals surface area contributed by atoms with E-state index in [1.165, 1.54) is 14.2 Å². The third kappa shape index (κ3) is 4.78. The van der Waals surface area contributed by atoms with Crippen molar-refractivity contribution in [1.29, 1.82) is 0 Å². The summed E-state index contributed by atoms with van der Waals surface area (Å²) in [5.74, 6) is 0.267. The maximum absolute atomic E-state index is 13.1. The van der Waals surface area contributed by atoms with Crippen LogP contribution in [-0.2, 0) is 0 Å². The van der Waals surface area contributed by atoms with Gasteiger partial charge in [-0.1, -0.05) is 39.7 Å². The number of rotatable bonds is 6. The number of anilines is 1. The zero-order valence-corrected chi connectivity index (χ0v) is 18.0. The molecule has 1 amide bonds. The first-order valence-electron chi connectivity index (χ1n) is 8.56. The van der Waals surface area contributed by atoms with Crippen LogP contribution >= 0.6 is 27.5 Å². The first-order valence-corrected chi connectivity index (χ1v) is 9.73. The minimum atomic E-state index is -0.405. The molecule has 7 heteroatoms. The molecule has 0 atom stereocenters. The number of carbonyl (C=O) groups excluding carboxylic acids is 2. The maximum Gasteiger partial charge on any atom is 0.255 e. The van der Waals surface area contributed by atoms with E-state index in [0.717, 1.165) is 0 Å². The van der Waals surface area contributed by atoms with E-state index >= 15 is 0 Å². The van der Waals surface area contributed by atoms with Gasteiger partial charge in [0.25, 0.3) is 5.91 Å². The van der Waals surface area contributed by atoms with E-state index in [9.17, 15) is 9.59 Å². The number of hydrogen-bond donors (Lipinski definition) is 1. The van der Waals surface area contributed by atoms with Crippen LogP contribution in [0.4, 0.5) is 5.69 Å². The fourth-order valence-corrected chi connectivity index (χ4v) is 3.32. The van der Waals surface area contributed by atoms with E-state index in [1.807, 2.05) is 0 Å². The molecule has 3 aromatic rings. The van der Waals surface area contributed by atoms with Crippen molar-refractivity contribution in [3.05, 3.63) is 86.8 Å². The molecule has 0 aliphatic heterocycles. The molecular formula is C22H17BrClNO4. The molecule has 29 heavy (non-hydrogen) atoms. The molecule has 1 N–H and O–H groups in total. The molecule has 0 unspecified atom stereocenters. The van der Waals surface area contributed by atoms with Gasteiger partial charge >= 0.3 is 0 Å². The van der Waals surface area contributed by atoms with Gasteiger partial charge in [-0.3, -0.25) is 9.59 Å². The number of nitrogens with one attached hydrogen (secondary N) is 1. The van der Waals surface area contributed by atoms with Gasteiger partial charge in [-0.05, 0) is 42.5 Å². The summed E-state index contributed by atoms with van der Waals surface area (Å²) in [6.45, 7) is 0. The lowest BCUT2D eigenvalue weighted by Gasteiger charge is -2.13. The van der Waals surface area contributed by atoms with Gasteiger partial charge < -0.3 is 14.8 Å². The van der Waals surface area contributed by atoms with Gasteiger partial charge in [0.05, 0.1) is 24.9 Å². The molecule has 0 saturated heterocycles. The molecule has 0 saturated carbocycles. The van der Waals surface area contributed by atoms with Crippen LogP contribution in [0, 0.1) is 0 Å². The third-order valence-electron chi connectivity index (χ3n) is 4.21. The number of ketones is 1. The predicted octanol–water partition coefficient (Wildman–Crippen LogP) is 5.60. The molecule has 0 fully saturated rings. The lowest BCUT2D eigenvalue weighted by Crippen LogP contribution is -2.15. The summed E-state index contributed by atoms with van der Waals surface area (Å²) >= 11 is 9.56. The molecule has 3 aromatic carbocycles. The number of methoxy groups -OCH3 is 2. The van der Waals surface area contributed by atoms with E-state index in [-0.39, 0.29) is 5.78 Å². The molecule has 0 aromatic heterocycles. The van der Waals surface area contributed by atoms with Crippen LogP contribution in [-0.4, -0.2) is 25.9 Å². The van der Waals surface area contributed by atoms with E-state index in [0.29, 0.717) is 43.4 Å². The highest BCUT2D eigenvalue weighted by molar-refractivity contribution is 9.10. The van der Waals surface area contributed by atoms with Gasteiger partial charge in [0.1, 0.15) is 11.5 Å². The van der Waals surface area contributed by atoms with Crippen LogP contribution in [0.2, 0.25) is 5.02 Å². The molecule has 5 nitrogen and oxygen atoms in total. The van der Waals surface area contributed by atoms with Crippen molar-refractivity contribution in [2.24, 2.45) is 0 Å². The Kier molecular flexibility index (Phi) is 6.56. The van der Waals surface area contributed by atoms with E-state index in [4.69, 9.17) is 21.1 Å². The molecule has 0 heterocycles. The zero-order chi connectivity index (χ0) is 21.0. The van der Waals surface area contributed by atoms with Crippen molar-refractivity contribution in [3.63, 3.8) is 0 Å². The van der Waals surface area contributed by atoms with Crippen LogP contribution in [0.3, 0.4) is 0 Å². The fourth-order valence-electron chi connectivity index (χ4n) is 2.74. The topological polar surface area (TPSA) is 64.6 Å². The van der Waals surface area contributed by atoms with Crippen molar-refractivity contribution < 1.29 is 19.1 Å². The lowest BCUT2D eigenvalue weighted by molar-refractivity contribution is 0.102. The summed E-state index contributed by atoms with van der Waals surface area (Å²) in [5.41, 5.74) is 1.37. The molecular weight excluding hydrogens is 458 g/mol. The second kappa shape index (κ2) is 9.11. The van der Waals surface area contributed by atoms with Gasteiger partial charge in [0.2, 0.25) is 0 Å². The number of ether oxygens (including phenoxy) is 2. The van der Waals surface area contributed by atoms with Crippen LogP contribution in [0.5, 0.6) is 11.5 Å².